The molecule has 2 saturated heterocycles. The lowest BCUT2D eigenvalue weighted by Crippen LogP contribution is -2.90. The number of guanidine groups is 2. The average molecular weight is 548 g/mol. The number of rotatable bonds is 5. The van der Waals surface area contributed by atoms with Gasteiger partial charge in [0.15, 0.2) is 12.0 Å². The number of likely N-dealkylation sites (tertiary alicyclic amines) is 1. The van der Waals surface area contributed by atoms with Crippen molar-refractivity contribution in [3.63, 3.8) is 0 Å². The van der Waals surface area contributed by atoms with Crippen LogP contribution in [-0.2, 0) is 9.59 Å². The van der Waals surface area contributed by atoms with E-state index in [0.717, 1.165) is 16.0 Å². The van der Waals surface area contributed by atoms with Crippen LogP contribution in [0.5, 0.6) is 0 Å². The monoisotopic (exact) mass is 547 g/mol. The molecule has 0 aromatic heterocycles. The van der Waals surface area contributed by atoms with Gasteiger partial charge in [-0.3, -0.25) is 34.9 Å². The number of carbonyl (C=O) groups excluding carboxylic acids is 3. The number of nitrogens with zero attached hydrogens (tertiary/aromatic N) is 3. The summed E-state index contributed by atoms with van der Waals surface area (Å²) in [4.78, 5) is 48.3. The van der Waals surface area contributed by atoms with Crippen LogP contribution in [0.15, 0.2) is 53.5 Å². The summed E-state index contributed by atoms with van der Waals surface area (Å²) in [6.07, 6.45) is 0.212. The van der Waals surface area contributed by atoms with E-state index in [1.54, 1.807) is 12.1 Å². The Bertz CT molecular complexity index is 1470. The second-order valence-corrected chi connectivity index (χ2v) is 10.6. The molecule has 3 amide bonds. The molecule has 208 valence electrons. The van der Waals surface area contributed by atoms with E-state index in [0.29, 0.717) is 11.1 Å². The molecule has 4 atom stereocenters. The molecule has 13 heteroatoms. The molecule has 1 spiro atoms. The van der Waals surface area contributed by atoms with Crippen molar-refractivity contribution in [2.45, 2.75) is 49.3 Å². The van der Waals surface area contributed by atoms with Gasteiger partial charge >= 0.3 is 5.96 Å². The van der Waals surface area contributed by atoms with Crippen LogP contribution >= 0.6 is 0 Å². The highest BCUT2D eigenvalue weighted by atomic mass is 16.5. The minimum Gasteiger partial charge on any atom is -0.370 e. The zero-order valence-electron chi connectivity index (χ0n) is 21.8. The lowest BCUT2D eigenvalue weighted by molar-refractivity contribution is -0.521. The van der Waals surface area contributed by atoms with E-state index >= 15 is 0 Å². The van der Waals surface area contributed by atoms with Crippen LogP contribution in [0.25, 0.3) is 11.1 Å². The Morgan fingerprint density at radius 2 is 1.75 bits per heavy atom. The van der Waals surface area contributed by atoms with Crippen molar-refractivity contribution in [3.8, 4) is 11.1 Å². The molecular formula is C27H31N8O5+. The Labute approximate surface area is 229 Å². The number of imide groups is 1. The van der Waals surface area contributed by atoms with Gasteiger partial charge in [0.25, 0.3) is 11.6 Å². The van der Waals surface area contributed by atoms with Gasteiger partial charge in [0.2, 0.25) is 17.6 Å². The van der Waals surface area contributed by atoms with Crippen molar-refractivity contribution in [2.75, 3.05) is 13.1 Å². The molecule has 2 fully saturated rings. The van der Waals surface area contributed by atoms with Crippen LogP contribution in [-0.4, -0.2) is 92.3 Å². The third kappa shape index (κ3) is 3.65. The summed E-state index contributed by atoms with van der Waals surface area (Å²) in [6.45, 7) is 1.73. The van der Waals surface area contributed by atoms with E-state index in [-0.39, 0.29) is 49.7 Å². The lowest BCUT2D eigenvalue weighted by Gasteiger charge is -2.46. The summed E-state index contributed by atoms with van der Waals surface area (Å²) in [6, 6.07) is 11.8. The standard InChI is InChI=1S/C27H30N8O5/c1-14-6-2-3-7-15(14)16-8-4-5-9-17(16)23(38)31-19-13-35-25(29)30-18(12-34-20(36)10-11-21(34)37)22-26(35,27(19,39)40)33-24(28)32-22/h2-9,18-19,22,39-40H,10-13H2,1H3,(H2,29,30)(H,31,38)(H3,28,32,33)/p+1/t18-,19?,22-,26-/m0/s1. The third-order valence-corrected chi connectivity index (χ3v) is 8.32. The fraction of sp³-hybridized carbons (Fsp3) is 0.370. The SMILES string of the molecule is Cc1ccccc1-c1ccccc1C(=O)NC1CN2C(N)=N[C@@H](CN3C(=O)CCC3=O)[C@@H]3[NH+]=C(N)N[C@@]32C1(O)O. The Hall–Kier alpha value is -4.49. The zero-order valence-corrected chi connectivity index (χ0v) is 21.8. The highest BCUT2D eigenvalue weighted by Crippen LogP contribution is 2.41. The first-order valence-electron chi connectivity index (χ1n) is 13.1. The number of benzene rings is 2. The molecule has 13 nitrogen and oxygen atoms in total. The first-order valence-corrected chi connectivity index (χ1v) is 13.1. The maximum absolute atomic E-state index is 13.6. The first kappa shape index (κ1) is 25.8. The van der Waals surface area contributed by atoms with Crippen LogP contribution in [0.3, 0.4) is 0 Å². The Morgan fingerprint density at radius 1 is 1.10 bits per heavy atom. The van der Waals surface area contributed by atoms with Crippen molar-refractivity contribution < 1.29 is 29.6 Å². The quantitative estimate of drug-likeness (QED) is 0.148. The van der Waals surface area contributed by atoms with E-state index in [1.165, 1.54) is 4.90 Å². The van der Waals surface area contributed by atoms with Crippen molar-refractivity contribution >= 4 is 29.6 Å². The number of aryl methyl sites for hydroxylation is 1. The molecule has 2 aromatic rings. The van der Waals surface area contributed by atoms with E-state index in [1.807, 2.05) is 43.3 Å². The first-order chi connectivity index (χ1) is 19.0. The number of nitrogens with two attached hydrogens (primary N) is 2. The number of nitrogens with one attached hydrogen (secondary N) is 3. The van der Waals surface area contributed by atoms with Crippen molar-refractivity contribution in [3.05, 3.63) is 59.7 Å². The molecule has 2 aromatic carbocycles. The van der Waals surface area contributed by atoms with Crippen LogP contribution < -0.4 is 27.1 Å². The third-order valence-electron chi connectivity index (χ3n) is 8.32. The van der Waals surface area contributed by atoms with Gasteiger partial charge in [-0.15, -0.1) is 0 Å². The topological polar surface area (TPSA) is 201 Å². The summed E-state index contributed by atoms with van der Waals surface area (Å²) < 4.78 is 0. The maximum Gasteiger partial charge on any atom is 0.343 e. The summed E-state index contributed by atoms with van der Waals surface area (Å²) >= 11 is 0. The molecule has 4 aliphatic rings. The van der Waals surface area contributed by atoms with Gasteiger partial charge in [-0.25, -0.2) is 10.3 Å². The zero-order chi connectivity index (χ0) is 28.4. The fourth-order valence-corrected chi connectivity index (χ4v) is 6.36. The molecule has 4 aliphatic heterocycles. The van der Waals surface area contributed by atoms with Gasteiger partial charge in [-0.2, -0.15) is 0 Å². The Morgan fingerprint density at radius 3 is 2.45 bits per heavy atom. The second-order valence-electron chi connectivity index (χ2n) is 10.6. The normalized spacial score (nSPS) is 28.5. The van der Waals surface area contributed by atoms with Gasteiger partial charge in [0.05, 0.1) is 13.1 Å². The van der Waals surface area contributed by atoms with Gasteiger partial charge in [-0.1, -0.05) is 42.5 Å². The number of hydrogen-bond acceptors (Lipinski definition) is 10. The summed E-state index contributed by atoms with van der Waals surface area (Å²) in [5.74, 6) is -3.80. The maximum atomic E-state index is 13.6. The van der Waals surface area contributed by atoms with Gasteiger partial charge in [0.1, 0.15) is 12.1 Å². The average Bonchev–Trinajstić information content (AvgIpc) is 3.52. The van der Waals surface area contributed by atoms with E-state index in [4.69, 9.17) is 11.5 Å². The van der Waals surface area contributed by atoms with Crippen molar-refractivity contribution in [1.29, 1.82) is 0 Å². The summed E-state index contributed by atoms with van der Waals surface area (Å²) in [5, 5.41) is 29.2. The number of amides is 3. The Kier molecular flexibility index (Phi) is 5.82. The Balaban J connectivity index is 1.32. The second kappa shape index (κ2) is 9.03. The molecular weight excluding hydrogens is 516 g/mol. The highest BCUT2D eigenvalue weighted by molar-refractivity contribution is 6.02. The molecule has 9 N–H and O–H groups in total. The number of hydrogen-bond donors (Lipinski definition) is 7. The molecule has 0 bridgehead atoms. The van der Waals surface area contributed by atoms with Gasteiger partial charge in [0, 0.05) is 18.4 Å². The molecule has 0 radical (unpaired) electrons. The fourth-order valence-electron chi connectivity index (χ4n) is 6.36. The smallest absolute Gasteiger partial charge is 0.343 e. The van der Waals surface area contributed by atoms with Crippen LogP contribution in [0.2, 0.25) is 0 Å². The summed E-state index contributed by atoms with van der Waals surface area (Å²) in [7, 11) is 0. The van der Waals surface area contributed by atoms with Gasteiger partial charge < -0.3 is 21.3 Å². The molecule has 1 unspecified atom stereocenters. The number of aliphatic hydroxyl groups is 2. The molecule has 0 aliphatic carbocycles. The predicted molar refractivity (Wildman–Crippen MR) is 143 cm³/mol. The predicted octanol–water partition coefficient (Wildman–Crippen LogP) is -3.33. The molecule has 4 heterocycles. The minimum atomic E-state index is -2.61. The van der Waals surface area contributed by atoms with Crippen LogP contribution in [0.1, 0.15) is 28.8 Å². The molecule has 6 rings (SSSR count). The van der Waals surface area contributed by atoms with Crippen LogP contribution in [0, 0.1) is 6.92 Å². The highest BCUT2D eigenvalue weighted by Gasteiger charge is 2.76. The largest absolute Gasteiger partial charge is 0.370 e. The summed E-state index contributed by atoms with van der Waals surface area (Å²) in [5.41, 5.74) is 13.6. The molecule has 40 heavy (non-hydrogen) atoms. The van der Waals surface area contributed by atoms with E-state index < -0.39 is 35.5 Å². The number of aliphatic imine (C=N–C) groups is 1. The van der Waals surface area contributed by atoms with Gasteiger partial charge in [-0.05, 0) is 29.7 Å². The number of carbonyl (C=O) groups is 3. The van der Waals surface area contributed by atoms with E-state index in [2.05, 4.69) is 20.6 Å². The lowest BCUT2D eigenvalue weighted by atomic mass is 9.84. The van der Waals surface area contributed by atoms with Crippen LogP contribution in [0.4, 0.5) is 0 Å². The van der Waals surface area contributed by atoms with Crippen molar-refractivity contribution in [1.82, 2.24) is 20.4 Å². The molecule has 0 saturated carbocycles. The van der Waals surface area contributed by atoms with Crippen molar-refractivity contribution in [2.24, 2.45) is 16.5 Å². The minimum absolute atomic E-state index is 0.0355. The van der Waals surface area contributed by atoms with E-state index in [9.17, 15) is 24.6 Å².